The van der Waals surface area contributed by atoms with E-state index in [1.165, 1.54) is 13.8 Å². The summed E-state index contributed by atoms with van der Waals surface area (Å²) in [6, 6.07) is 6.89. The molecule has 7 bridgehead atoms. The number of hydrogen-bond acceptors (Lipinski definition) is 11. The summed E-state index contributed by atoms with van der Waals surface area (Å²) in [5, 5.41) is 0. The number of carbonyl (C=O) groups excluding carboxylic acids is 3. The number of piperidine rings is 1. The van der Waals surface area contributed by atoms with Crippen LogP contribution in [0.15, 0.2) is 24.3 Å². The largest absolute Gasteiger partial charge is 0.497 e. The number of carbonyl (C=O) groups is 3. The van der Waals surface area contributed by atoms with E-state index in [9.17, 15) is 14.4 Å². The Morgan fingerprint density at radius 1 is 0.936 bits per heavy atom. The molecule has 11 heteroatoms. The highest BCUT2D eigenvalue weighted by molar-refractivity contribution is 5.89. The van der Waals surface area contributed by atoms with Crippen LogP contribution in [0, 0.1) is 40.4 Å². The third-order valence-electron chi connectivity index (χ3n) is 13.2. The quantitative estimate of drug-likeness (QED) is 0.272. The van der Waals surface area contributed by atoms with Crippen LogP contribution in [0.5, 0.6) is 5.75 Å². The summed E-state index contributed by atoms with van der Waals surface area (Å²) in [7, 11) is 6.78. The third kappa shape index (κ3) is 4.34. The minimum Gasteiger partial charge on any atom is -0.497 e. The number of methoxy groups -OCH3 is 4. The molecule has 1 saturated heterocycles. The summed E-state index contributed by atoms with van der Waals surface area (Å²) in [6.45, 7) is 7.17. The zero-order chi connectivity index (χ0) is 33.5. The Bertz CT molecular complexity index is 1400. The lowest BCUT2D eigenvalue weighted by Crippen LogP contribution is -2.77. The Morgan fingerprint density at radius 3 is 2.28 bits per heavy atom. The molecule has 0 N–H and O–H groups in total. The summed E-state index contributed by atoms with van der Waals surface area (Å²) < 4.78 is 43.8. The number of fused-ring (bicyclic) bond motifs is 2. The van der Waals surface area contributed by atoms with Gasteiger partial charge in [0.1, 0.15) is 23.6 Å². The molecule has 1 heterocycles. The number of rotatable bonds is 10. The van der Waals surface area contributed by atoms with E-state index >= 15 is 0 Å². The van der Waals surface area contributed by atoms with Gasteiger partial charge in [0.25, 0.3) is 0 Å². The van der Waals surface area contributed by atoms with Crippen molar-refractivity contribution in [3.05, 3.63) is 29.8 Å². The Kier molecular flexibility index (Phi) is 8.17. The summed E-state index contributed by atoms with van der Waals surface area (Å²) in [6.07, 6.45) is 1.05. The number of ether oxygens (including phenoxy) is 7. The average molecular weight is 656 g/mol. The number of hydrogen-bond donors (Lipinski definition) is 0. The fourth-order valence-corrected chi connectivity index (χ4v) is 12.5. The van der Waals surface area contributed by atoms with Crippen LogP contribution in [0.3, 0.4) is 0 Å². The molecule has 1 aromatic carbocycles. The minimum absolute atomic E-state index is 0.0547. The van der Waals surface area contributed by atoms with Gasteiger partial charge in [-0.2, -0.15) is 0 Å². The maximum atomic E-state index is 14.0. The lowest BCUT2D eigenvalue weighted by Gasteiger charge is -2.69. The molecule has 258 valence electrons. The topological polar surface area (TPSA) is 119 Å². The highest BCUT2D eigenvalue weighted by Crippen LogP contribution is 2.80. The Morgan fingerprint density at radius 2 is 1.68 bits per heavy atom. The van der Waals surface area contributed by atoms with Gasteiger partial charge in [-0.3, -0.25) is 14.5 Å². The molecular formula is C36H49NO10. The normalized spacial score (nSPS) is 44.1. The highest BCUT2D eigenvalue weighted by Gasteiger charge is 2.88. The Hall–Kier alpha value is -2.73. The second-order valence-corrected chi connectivity index (χ2v) is 14.8. The first kappa shape index (κ1) is 32.8. The van der Waals surface area contributed by atoms with Crippen LogP contribution in [-0.2, 0) is 38.0 Å². The number of benzene rings is 1. The van der Waals surface area contributed by atoms with E-state index in [2.05, 4.69) is 11.8 Å². The Labute approximate surface area is 276 Å². The van der Waals surface area contributed by atoms with Crippen molar-refractivity contribution in [1.82, 2.24) is 4.90 Å². The molecule has 6 aliphatic rings. The molecule has 1 aromatic rings. The zero-order valence-electron chi connectivity index (χ0n) is 28.6. The molecule has 47 heavy (non-hydrogen) atoms. The summed E-state index contributed by atoms with van der Waals surface area (Å²) in [4.78, 5) is 42.5. The van der Waals surface area contributed by atoms with Gasteiger partial charge in [0.2, 0.25) is 0 Å². The van der Waals surface area contributed by atoms with Crippen molar-refractivity contribution in [1.29, 1.82) is 0 Å². The zero-order valence-corrected chi connectivity index (χ0v) is 28.6. The van der Waals surface area contributed by atoms with E-state index in [1.807, 2.05) is 0 Å². The maximum Gasteiger partial charge on any atom is 0.338 e. The van der Waals surface area contributed by atoms with E-state index in [0.29, 0.717) is 37.2 Å². The molecule has 11 nitrogen and oxygen atoms in total. The van der Waals surface area contributed by atoms with Crippen LogP contribution in [-0.4, -0.2) is 107 Å². The number of nitrogens with zero attached hydrogens (tertiary/aromatic N) is 1. The third-order valence-corrected chi connectivity index (χ3v) is 13.2. The van der Waals surface area contributed by atoms with Gasteiger partial charge in [0.15, 0.2) is 0 Å². The lowest BCUT2D eigenvalue weighted by molar-refractivity contribution is -0.277. The van der Waals surface area contributed by atoms with Gasteiger partial charge in [-0.1, -0.05) is 6.92 Å². The van der Waals surface area contributed by atoms with Gasteiger partial charge >= 0.3 is 17.9 Å². The van der Waals surface area contributed by atoms with Crippen molar-refractivity contribution in [3.8, 4) is 5.75 Å². The molecule has 0 aromatic heterocycles. The van der Waals surface area contributed by atoms with Gasteiger partial charge in [0.05, 0.1) is 31.5 Å². The number of likely N-dealkylation sites (tertiary alicyclic amines) is 1. The second-order valence-electron chi connectivity index (χ2n) is 14.8. The molecule has 6 fully saturated rings. The molecule has 13 atom stereocenters. The predicted molar refractivity (Wildman–Crippen MR) is 168 cm³/mol. The molecule has 4 unspecified atom stereocenters. The van der Waals surface area contributed by atoms with Crippen LogP contribution in [0.25, 0.3) is 0 Å². The van der Waals surface area contributed by atoms with E-state index in [0.717, 1.165) is 19.5 Å². The van der Waals surface area contributed by atoms with Crippen LogP contribution in [0.4, 0.5) is 0 Å². The van der Waals surface area contributed by atoms with Gasteiger partial charge in [0, 0.05) is 88.7 Å². The molecule has 5 saturated carbocycles. The summed E-state index contributed by atoms with van der Waals surface area (Å²) >= 11 is 0. The molecule has 1 aliphatic heterocycles. The van der Waals surface area contributed by atoms with E-state index < -0.39 is 23.2 Å². The fourth-order valence-electron chi connectivity index (χ4n) is 12.5. The first-order valence-electron chi connectivity index (χ1n) is 17.1. The van der Waals surface area contributed by atoms with Gasteiger partial charge in [-0.05, 0) is 56.0 Å². The van der Waals surface area contributed by atoms with Crippen molar-refractivity contribution in [2.75, 3.05) is 48.1 Å². The Balaban J connectivity index is 1.46. The van der Waals surface area contributed by atoms with Crippen molar-refractivity contribution in [2.45, 2.75) is 82.5 Å². The first-order valence-corrected chi connectivity index (χ1v) is 17.1. The molecule has 0 radical (unpaired) electrons. The summed E-state index contributed by atoms with van der Waals surface area (Å²) in [5.74, 6) is -1.32. The SMILES string of the molecule is CCN1C[C@]2(COC)CCC(OC(=O)c3ccc(OC)cc3)[C@@]34[C@@H]5C[C@@H]6C(OC)C[C@@](OC(C)=O)([C@H]5C6OC(C)=O)[C@@H](C(OC)[C@H]23)[C@@H]14. The number of esters is 3. The highest BCUT2D eigenvalue weighted by atomic mass is 16.6. The van der Waals surface area contributed by atoms with Gasteiger partial charge in [-0.25, -0.2) is 4.79 Å². The lowest BCUT2D eigenvalue weighted by atomic mass is 9.43. The van der Waals surface area contributed by atoms with Gasteiger partial charge in [-0.15, -0.1) is 0 Å². The van der Waals surface area contributed by atoms with Crippen molar-refractivity contribution in [3.63, 3.8) is 0 Å². The standard InChI is InChI=1S/C36H49NO10/c1-8-37-17-34(18-41-4)14-13-26(46-33(40)21-9-11-22(42-5)12-10-21)36-24-15-23-25(43-6)16-35(47-20(3)39,27(24)29(23)45-19(2)38)28(32(36)37)30(44-7)31(34)36/h9-12,23-32H,8,13-18H2,1-7H3/t23-,24-,25?,26?,27-,28+,29?,30?,31-,32-,34+,35-,36+/m1/s1. The molecule has 5 aliphatic carbocycles. The average Bonchev–Trinajstić information content (AvgIpc) is 3.47. The monoisotopic (exact) mass is 655 g/mol. The molecule has 1 spiro atoms. The predicted octanol–water partition coefficient (Wildman–Crippen LogP) is 3.52. The van der Waals surface area contributed by atoms with Gasteiger partial charge < -0.3 is 33.2 Å². The van der Waals surface area contributed by atoms with Crippen molar-refractivity contribution in [2.24, 2.45) is 40.4 Å². The van der Waals surface area contributed by atoms with E-state index in [4.69, 9.17) is 33.2 Å². The van der Waals surface area contributed by atoms with Crippen LogP contribution in [0.2, 0.25) is 0 Å². The van der Waals surface area contributed by atoms with E-state index in [-0.39, 0.29) is 71.2 Å². The minimum atomic E-state index is -1.01. The first-order chi connectivity index (χ1) is 22.6. The fraction of sp³-hybridized carbons (Fsp3) is 0.750. The smallest absolute Gasteiger partial charge is 0.338 e. The van der Waals surface area contributed by atoms with Crippen LogP contribution in [0.1, 0.15) is 56.8 Å². The van der Waals surface area contributed by atoms with Crippen LogP contribution >= 0.6 is 0 Å². The molecule has 0 amide bonds. The molecule has 7 rings (SSSR count). The van der Waals surface area contributed by atoms with Crippen molar-refractivity contribution >= 4 is 17.9 Å². The second kappa shape index (κ2) is 11.7. The molecular weight excluding hydrogens is 606 g/mol. The van der Waals surface area contributed by atoms with Crippen LogP contribution < -0.4 is 4.74 Å². The van der Waals surface area contributed by atoms with Crippen molar-refractivity contribution < 1.29 is 47.5 Å². The maximum absolute atomic E-state index is 14.0. The summed E-state index contributed by atoms with van der Waals surface area (Å²) in [5.41, 5.74) is -1.42. The van der Waals surface area contributed by atoms with E-state index in [1.54, 1.807) is 52.7 Å².